The van der Waals surface area contributed by atoms with Crippen molar-refractivity contribution >= 4 is 64.0 Å². The number of hydrogen-bond acceptors (Lipinski definition) is 2. The molecule has 5 aromatic rings. The summed E-state index contributed by atoms with van der Waals surface area (Å²) in [6.45, 7) is 0. The maximum atomic E-state index is 13.8. The van der Waals surface area contributed by atoms with Crippen LogP contribution in [-0.2, 0) is 0 Å². The summed E-state index contributed by atoms with van der Waals surface area (Å²) in [7, 11) is -2.67. The molecule has 2 nitrogen and oxygen atoms in total. The molecule has 6 heteroatoms. The Kier molecular flexibility index (Phi) is 8.86. The van der Waals surface area contributed by atoms with Gasteiger partial charge in [0.05, 0.1) is 0 Å². The highest BCUT2D eigenvalue weighted by Gasteiger charge is 2.52. The fourth-order valence-electron chi connectivity index (χ4n) is 4.48. The van der Waals surface area contributed by atoms with Gasteiger partial charge in [-0.3, -0.25) is 10.1 Å². The molecule has 5 rings (SSSR count). The number of hydrogen-bond donors (Lipinski definition) is 1. The maximum absolute atomic E-state index is 13.8. The minimum Gasteiger partial charge on any atom is -0.290 e. The van der Waals surface area contributed by atoms with Crippen molar-refractivity contribution in [1.82, 2.24) is 5.32 Å². The van der Waals surface area contributed by atoms with Crippen molar-refractivity contribution in [2.24, 2.45) is 0 Å². The van der Waals surface area contributed by atoms with Gasteiger partial charge in [0.1, 0.15) is 20.3 Å². The zero-order valence-electron chi connectivity index (χ0n) is 20.9. The molecular formula is C33H25Cl2NOPS+. The summed E-state index contributed by atoms with van der Waals surface area (Å²) < 4.78 is 0.492. The van der Waals surface area contributed by atoms with Crippen LogP contribution >= 0.6 is 42.2 Å². The third kappa shape index (κ3) is 5.98. The Labute approximate surface area is 244 Å². The quantitative estimate of drug-likeness (QED) is 0.147. The number of thioether (sulfide) groups is 1. The molecular weight excluding hydrogens is 560 g/mol. The van der Waals surface area contributed by atoms with Crippen molar-refractivity contribution < 1.29 is 4.79 Å². The summed E-state index contributed by atoms with van der Waals surface area (Å²) in [6, 6.07) is 47.7. The molecule has 0 atom stereocenters. The van der Waals surface area contributed by atoms with E-state index >= 15 is 0 Å². The van der Waals surface area contributed by atoms with Crippen LogP contribution in [0.15, 0.2) is 160 Å². The first kappa shape index (κ1) is 27.2. The van der Waals surface area contributed by atoms with Crippen molar-refractivity contribution in [3.05, 3.63) is 166 Å². The molecule has 0 saturated carbocycles. The number of rotatable bonds is 8. The number of carbonyl (C=O) groups is 1. The Morgan fingerprint density at radius 3 is 1.44 bits per heavy atom. The molecule has 39 heavy (non-hydrogen) atoms. The molecule has 0 fully saturated rings. The van der Waals surface area contributed by atoms with E-state index in [1.165, 1.54) is 11.8 Å². The van der Waals surface area contributed by atoms with E-state index < -0.39 is 7.26 Å². The largest absolute Gasteiger partial charge is 0.290 e. The second-order valence-corrected chi connectivity index (χ2v) is 14.1. The Morgan fingerprint density at radius 2 is 1.00 bits per heavy atom. The third-order valence-corrected chi connectivity index (χ3v) is 12.3. The lowest BCUT2D eigenvalue weighted by atomic mass is 10.2. The number of carbonyl (C=O) groups excluding carboxylic acids is 1. The van der Waals surface area contributed by atoms with Gasteiger partial charge in [0.15, 0.2) is 7.26 Å². The fraction of sp³-hybridized carbons (Fsp3) is 0. The number of halogens is 2. The molecule has 0 aliphatic heterocycles. The Balaban J connectivity index is 1.81. The summed E-state index contributed by atoms with van der Waals surface area (Å²) in [5.41, 5.74) is 1.24. The Bertz CT molecular complexity index is 1470. The van der Waals surface area contributed by atoms with Gasteiger partial charge in [-0.2, -0.15) is 0 Å². The van der Waals surface area contributed by atoms with E-state index in [1.54, 1.807) is 12.1 Å². The van der Waals surface area contributed by atoms with E-state index in [2.05, 4.69) is 41.7 Å². The molecule has 1 amide bonds. The number of nitrogens with one attached hydrogen (secondary N) is 1. The smallest absolute Gasteiger partial charge is 0.258 e. The lowest BCUT2D eigenvalue weighted by Crippen LogP contribution is -2.38. The van der Waals surface area contributed by atoms with Gasteiger partial charge >= 0.3 is 0 Å². The van der Waals surface area contributed by atoms with Crippen LogP contribution < -0.4 is 21.2 Å². The van der Waals surface area contributed by atoms with Gasteiger partial charge in [-0.15, -0.1) is 0 Å². The Morgan fingerprint density at radius 1 is 0.590 bits per heavy atom. The predicted octanol–water partition coefficient (Wildman–Crippen LogP) is 8.22. The summed E-state index contributed by atoms with van der Waals surface area (Å²) >= 11 is 14.9. The number of amides is 1. The molecule has 0 aliphatic carbocycles. The average Bonchev–Trinajstić information content (AvgIpc) is 3.00. The van der Waals surface area contributed by atoms with Crippen LogP contribution in [0.1, 0.15) is 10.4 Å². The van der Waals surface area contributed by atoms with Crippen LogP contribution in [0.4, 0.5) is 0 Å². The first-order valence-corrected chi connectivity index (χ1v) is 15.7. The molecule has 0 radical (unpaired) electrons. The topological polar surface area (TPSA) is 29.1 Å². The van der Waals surface area contributed by atoms with Crippen molar-refractivity contribution in [1.29, 1.82) is 0 Å². The molecule has 0 unspecified atom stereocenters. The lowest BCUT2D eigenvalue weighted by Gasteiger charge is -2.30. The van der Waals surface area contributed by atoms with Gasteiger partial charge < -0.3 is 0 Å². The SMILES string of the molecule is O=C(NC(=C(Cl)Sc1ccc(Cl)cc1)[P+](c1ccccc1)(c1ccccc1)c1ccccc1)c1ccccc1. The van der Waals surface area contributed by atoms with Crippen LogP contribution in [0.5, 0.6) is 0 Å². The van der Waals surface area contributed by atoms with Gasteiger partial charge in [0.2, 0.25) is 5.44 Å². The molecule has 1 N–H and O–H groups in total. The standard InChI is InChI=1S/C33H24Cl2NOPS/c34-26-21-23-30(24-22-26)39-31(35)33(36-32(37)25-13-5-1-6-14-25)38(27-15-7-2-8-16-27,28-17-9-3-10-18-28)29-19-11-4-12-20-29/h1-24H/p+1. The van der Waals surface area contributed by atoms with E-state index in [4.69, 9.17) is 23.2 Å². The molecule has 0 aromatic heterocycles. The second-order valence-electron chi connectivity index (χ2n) is 8.68. The zero-order valence-corrected chi connectivity index (χ0v) is 24.1. The van der Waals surface area contributed by atoms with Gasteiger partial charge in [0, 0.05) is 15.5 Å². The molecule has 0 heterocycles. The summed E-state index contributed by atoms with van der Waals surface area (Å²) in [4.78, 5) is 14.7. The summed E-state index contributed by atoms with van der Waals surface area (Å²) in [6.07, 6.45) is 0. The normalized spacial score (nSPS) is 11.9. The van der Waals surface area contributed by atoms with E-state index in [-0.39, 0.29) is 5.91 Å². The van der Waals surface area contributed by atoms with Gasteiger partial charge in [-0.1, -0.05) is 108 Å². The van der Waals surface area contributed by atoms with E-state index in [1.807, 2.05) is 97.1 Å². The van der Waals surface area contributed by atoms with Crippen molar-refractivity contribution in [3.8, 4) is 0 Å². The Hall–Kier alpha value is -3.33. The number of benzene rings is 5. The van der Waals surface area contributed by atoms with Gasteiger partial charge in [-0.25, -0.2) is 0 Å². The fourth-order valence-corrected chi connectivity index (χ4v) is 10.5. The van der Waals surface area contributed by atoms with Crippen LogP contribution in [-0.4, -0.2) is 5.91 Å². The summed E-state index contributed by atoms with van der Waals surface area (Å²) in [5, 5.41) is 7.21. The van der Waals surface area contributed by atoms with E-state index in [9.17, 15) is 4.79 Å². The first-order chi connectivity index (χ1) is 19.1. The minimum atomic E-state index is -2.67. The van der Waals surface area contributed by atoms with Crippen molar-refractivity contribution in [3.63, 3.8) is 0 Å². The molecule has 0 saturated heterocycles. The molecule has 0 spiro atoms. The highest BCUT2D eigenvalue weighted by atomic mass is 35.5. The van der Waals surface area contributed by atoms with Gasteiger partial charge in [-0.05, 0) is 72.8 Å². The van der Waals surface area contributed by atoms with Crippen LogP contribution in [0.25, 0.3) is 0 Å². The lowest BCUT2D eigenvalue weighted by molar-refractivity contribution is 0.0968. The predicted molar refractivity (Wildman–Crippen MR) is 169 cm³/mol. The van der Waals surface area contributed by atoms with Crippen LogP contribution in [0.3, 0.4) is 0 Å². The monoisotopic (exact) mass is 584 g/mol. The third-order valence-electron chi connectivity index (χ3n) is 6.24. The highest BCUT2D eigenvalue weighted by Crippen LogP contribution is 2.64. The molecule has 0 bridgehead atoms. The maximum Gasteiger partial charge on any atom is 0.258 e. The second kappa shape index (κ2) is 12.7. The molecule has 5 aromatic carbocycles. The summed E-state index contributed by atoms with van der Waals surface area (Å²) in [5.74, 6) is -0.215. The molecule has 192 valence electrons. The highest BCUT2D eigenvalue weighted by molar-refractivity contribution is 8.06. The van der Waals surface area contributed by atoms with E-state index in [0.717, 1.165) is 20.8 Å². The van der Waals surface area contributed by atoms with E-state index in [0.29, 0.717) is 20.4 Å². The minimum absolute atomic E-state index is 0.215. The van der Waals surface area contributed by atoms with Crippen molar-refractivity contribution in [2.75, 3.05) is 0 Å². The van der Waals surface area contributed by atoms with Crippen LogP contribution in [0, 0.1) is 0 Å². The first-order valence-electron chi connectivity index (χ1n) is 12.3. The van der Waals surface area contributed by atoms with Gasteiger partial charge in [0.25, 0.3) is 5.91 Å². The zero-order chi connectivity index (χ0) is 27.1. The van der Waals surface area contributed by atoms with Crippen LogP contribution in [0.2, 0.25) is 5.02 Å². The average molecular weight is 586 g/mol. The van der Waals surface area contributed by atoms with Crippen molar-refractivity contribution in [2.45, 2.75) is 4.90 Å². The molecule has 0 aliphatic rings.